The highest BCUT2D eigenvalue weighted by molar-refractivity contribution is 5.71. The van der Waals surface area contributed by atoms with Crippen LogP contribution in [-0.2, 0) is 4.79 Å². The fraction of sp³-hybridized carbons (Fsp3) is 0.423. The van der Waals surface area contributed by atoms with Crippen LogP contribution in [-0.4, -0.2) is 11.1 Å². The van der Waals surface area contributed by atoms with Crippen molar-refractivity contribution in [3.05, 3.63) is 84.5 Å². The van der Waals surface area contributed by atoms with Crippen molar-refractivity contribution in [3.63, 3.8) is 0 Å². The molecule has 28 heavy (non-hydrogen) atoms. The molecule has 152 valence electrons. The normalized spacial score (nSPS) is 14.5. The number of unbranched alkanes of at least 4 members (excludes halogenated alkanes) is 1. The number of rotatable bonds is 14. The number of hydrogen-bond acceptors (Lipinski definition) is 1. The Morgan fingerprint density at radius 3 is 1.96 bits per heavy atom. The van der Waals surface area contributed by atoms with Crippen LogP contribution in [0, 0.1) is 5.92 Å². The van der Waals surface area contributed by atoms with Crippen molar-refractivity contribution < 1.29 is 9.90 Å². The molecule has 0 heterocycles. The minimum absolute atomic E-state index is 0.0381. The third-order valence-corrected chi connectivity index (χ3v) is 4.85. The van der Waals surface area contributed by atoms with E-state index in [1.807, 2.05) is 37.3 Å². The molecule has 2 atom stereocenters. The van der Waals surface area contributed by atoms with Crippen molar-refractivity contribution in [1.29, 1.82) is 0 Å². The lowest BCUT2D eigenvalue weighted by molar-refractivity contribution is -0.142. The maximum atomic E-state index is 11.6. The molecule has 2 nitrogen and oxygen atoms in total. The molecule has 1 aromatic rings. The molecule has 0 saturated carbocycles. The van der Waals surface area contributed by atoms with E-state index in [2.05, 4.69) is 55.5 Å². The Bertz CT molecular complexity index is 638. The monoisotopic (exact) mass is 380 g/mol. The van der Waals surface area contributed by atoms with Gasteiger partial charge in [0.05, 0.1) is 5.92 Å². The molecule has 1 N–H and O–H groups in total. The predicted octanol–water partition coefficient (Wildman–Crippen LogP) is 7.47. The number of benzene rings is 1. The second kappa shape index (κ2) is 15.7. The van der Waals surface area contributed by atoms with Crippen LogP contribution in [0.15, 0.2) is 78.9 Å². The van der Waals surface area contributed by atoms with Gasteiger partial charge in [-0.25, -0.2) is 0 Å². The fourth-order valence-electron chi connectivity index (χ4n) is 3.13. The van der Waals surface area contributed by atoms with Gasteiger partial charge in [-0.2, -0.15) is 0 Å². The standard InChI is InChI=1S/C26H36O2/c1-3-4-5-6-7-8-9-10-11-12-13-14-15-19-22-25(26(27)28)23(2)24-20-17-16-18-21-24/h4-5,7-8,10-11,13-14,16-18,20-21,23,25H,3,6,9,12,15,19,22H2,1-2H3,(H,27,28)/b5-4-,8-7-,11-10-,14-13-. The van der Waals surface area contributed by atoms with Crippen LogP contribution in [0.25, 0.3) is 0 Å². The molecule has 1 rings (SSSR count). The van der Waals surface area contributed by atoms with E-state index >= 15 is 0 Å². The highest BCUT2D eigenvalue weighted by Gasteiger charge is 2.24. The summed E-state index contributed by atoms with van der Waals surface area (Å²) in [5, 5.41) is 9.57. The molecule has 0 saturated heterocycles. The van der Waals surface area contributed by atoms with Crippen molar-refractivity contribution in [2.45, 2.75) is 64.7 Å². The lowest BCUT2D eigenvalue weighted by Crippen LogP contribution is -2.20. The molecule has 0 fully saturated rings. The van der Waals surface area contributed by atoms with Gasteiger partial charge in [-0.1, -0.05) is 92.8 Å². The Morgan fingerprint density at radius 2 is 1.43 bits per heavy atom. The van der Waals surface area contributed by atoms with Gasteiger partial charge in [0.1, 0.15) is 0 Å². The Hall–Kier alpha value is -2.35. The van der Waals surface area contributed by atoms with Crippen molar-refractivity contribution >= 4 is 5.97 Å². The Morgan fingerprint density at radius 1 is 0.893 bits per heavy atom. The summed E-state index contributed by atoms with van der Waals surface area (Å²) >= 11 is 0. The Balaban J connectivity index is 2.22. The van der Waals surface area contributed by atoms with Crippen LogP contribution in [0.1, 0.15) is 70.3 Å². The second-order valence-corrected chi connectivity index (χ2v) is 7.08. The summed E-state index contributed by atoms with van der Waals surface area (Å²) in [5.41, 5.74) is 1.10. The van der Waals surface area contributed by atoms with Gasteiger partial charge in [0, 0.05) is 0 Å². The summed E-state index contributed by atoms with van der Waals surface area (Å²) in [6.45, 7) is 4.16. The van der Waals surface area contributed by atoms with Gasteiger partial charge in [0.2, 0.25) is 0 Å². The molecule has 0 spiro atoms. The van der Waals surface area contributed by atoms with Crippen LogP contribution < -0.4 is 0 Å². The Labute approximate surface area is 171 Å². The largest absolute Gasteiger partial charge is 0.481 e. The smallest absolute Gasteiger partial charge is 0.307 e. The zero-order valence-electron chi connectivity index (χ0n) is 17.5. The van der Waals surface area contributed by atoms with Crippen LogP contribution in [0.5, 0.6) is 0 Å². The molecule has 0 bridgehead atoms. The number of carboxylic acids is 1. The molecule has 0 aliphatic carbocycles. The molecule has 2 heteroatoms. The summed E-state index contributed by atoms with van der Waals surface area (Å²) in [7, 11) is 0. The maximum Gasteiger partial charge on any atom is 0.307 e. The zero-order chi connectivity index (χ0) is 20.5. The minimum atomic E-state index is -0.693. The van der Waals surface area contributed by atoms with Crippen LogP contribution in [0.2, 0.25) is 0 Å². The summed E-state index contributed by atoms with van der Waals surface area (Å²) in [6, 6.07) is 9.95. The lowest BCUT2D eigenvalue weighted by atomic mass is 9.84. The first-order valence-corrected chi connectivity index (χ1v) is 10.5. The van der Waals surface area contributed by atoms with Gasteiger partial charge in [0.25, 0.3) is 0 Å². The SMILES string of the molecule is CC/C=C\C/C=C\C/C=C\C/C=C\CCCC(C(=O)O)C(C)c1ccccc1. The highest BCUT2D eigenvalue weighted by Crippen LogP contribution is 2.28. The molecular formula is C26H36O2. The van der Waals surface area contributed by atoms with Crippen molar-refractivity contribution in [3.8, 4) is 0 Å². The fourth-order valence-corrected chi connectivity index (χ4v) is 3.13. The number of aliphatic carboxylic acids is 1. The number of hydrogen-bond donors (Lipinski definition) is 1. The van der Waals surface area contributed by atoms with E-state index in [4.69, 9.17) is 0 Å². The predicted molar refractivity (Wildman–Crippen MR) is 121 cm³/mol. The first-order valence-electron chi connectivity index (χ1n) is 10.5. The van der Waals surface area contributed by atoms with Gasteiger partial charge in [0.15, 0.2) is 0 Å². The first-order chi connectivity index (χ1) is 13.7. The van der Waals surface area contributed by atoms with Gasteiger partial charge >= 0.3 is 5.97 Å². The van der Waals surface area contributed by atoms with Crippen molar-refractivity contribution in [1.82, 2.24) is 0 Å². The minimum Gasteiger partial charge on any atom is -0.481 e. The van der Waals surface area contributed by atoms with Crippen molar-refractivity contribution in [2.75, 3.05) is 0 Å². The van der Waals surface area contributed by atoms with Crippen LogP contribution >= 0.6 is 0 Å². The first kappa shape index (κ1) is 23.7. The summed E-state index contributed by atoms with van der Waals surface area (Å²) in [6.07, 6.45) is 24.1. The van der Waals surface area contributed by atoms with E-state index < -0.39 is 5.97 Å². The molecule has 0 aliphatic rings. The van der Waals surface area contributed by atoms with Gasteiger partial charge in [-0.05, 0) is 56.4 Å². The molecule has 0 amide bonds. The summed E-state index contributed by atoms with van der Waals surface area (Å²) < 4.78 is 0. The third kappa shape index (κ3) is 10.7. The maximum absolute atomic E-state index is 11.6. The quantitative estimate of drug-likeness (QED) is 0.268. The van der Waals surface area contributed by atoms with E-state index in [-0.39, 0.29) is 11.8 Å². The lowest BCUT2D eigenvalue weighted by Gasteiger charge is -2.20. The zero-order valence-corrected chi connectivity index (χ0v) is 17.5. The number of allylic oxidation sites excluding steroid dienone is 8. The van der Waals surface area contributed by atoms with E-state index in [9.17, 15) is 9.90 Å². The molecule has 0 radical (unpaired) electrons. The van der Waals surface area contributed by atoms with E-state index in [1.165, 1.54) is 0 Å². The highest BCUT2D eigenvalue weighted by atomic mass is 16.4. The average Bonchev–Trinajstić information content (AvgIpc) is 2.71. The van der Waals surface area contributed by atoms with E-state index in [0.29, 0.717) is 6.42 Å². The van der Waals surface area contributed by atoms with Gasteiger partial charge < -0.3 is 5.11 Å². The molecule has 0 aromatic heterocycles. The van der Waals surface area contributed by atoms with Crippen molar-refractivity contribution in [2.24, 2.45) is 5.92 Å². The average molecular weight is 381 g/mol. The Kier molecular flexibility index (Phi) is 13.3. The van der Waals surface area contributed by atoms with E-state index in [0.717, 1.165) is 44.1 Å². The third-order valence-electron chi connectivity index (χ3n) is 4.85. The van der Waals surface area contributed by atoms with Crippen LogP contribution in [0.3, 0.4) is 0 Å². The molecular weight excluding hydrogens is 344 g/mol. The number of carboxylic acid groups (broad SMARTS) is 1. The molecule has 1 aromatic carbocycles. The van der Waals surface area contributed by atoms with Gasteiger partial charge in [-0.15, -0.1) is 0 Å². The second-order valence-electron chi connectivity index (χ2n) is 7.08. The number of carbonyl (C=O) groups is 1. The summed E-state index contributed by atoms with van der Waals surface area (Å²) in [5.74, 6) is -0.979. The summed E-state index contributed by atoms with van der Waals surface area (Å²) in [4.78, 5) is 11.6. The van der Waals surface area contributed by atoms with Crippen LogP contribution in [0.4, 0.5) is 0 Å². The molecule has 2 unspecified atom stereocenters. The van der Waals surface area contributed by atoms with E-state index in [1.54, 1.807) is 0 Å². The molecule has 0 aliphatic heterocycles. The topological polar surface area (TPSA) is 37.3 Å². The van der Waals surface area contributed by atoms with Gasteiger partial charge in [-0.3, -0.25) is 4.79 Å².